The maximum absolute atomic E-state index is 9.93. The molecule has 0 fully saturated rings. The molecule has 1 rings (SSSR count). The van der Waals surface area contributed by atoms with Crippen molar-refractivity contribution in [3.8, 4) is 0 Å². The van der Waals surface area contributed by atoms with Crippen LogP contribution in [0.4, 0.5) is 0 Å². The van der Waals surface area contributed by atoms with Gasteiger partial charge in [0.05, 0.1) is 6.10 Å². The maximum Gasteiger partial charge on any atom is 0.0804 e. The van der Waals surface area contributed by atoms with Gasteiger partial charge in [0.2, 0.25) is 0 Å². The van der Waals surface area contributed by atoms with Gasteiger partial charge in [-0.1, -0.05) is 65.2 Å². The molecule has 0 saturated carbocycles. The van der Waals surface area contributed by atoms with E-state index in [9.17, 15) is 5.11 Å². The molecule has 1 aromatic heterocycles. The monoisotopic (exact) mass is 279 g/mol. The Morgan fingerprint density at radius 1 is 0.950 bits per heavy atom. The number of aliphatic hydroxyl groups excluding tert-OH is 1. The molecular weight excluding hydrogens is 246 g/mol. The first-order valence-electron chi connectivity index (χ1n) is 8.61. The minimum absolute atomic E-state index is 0.278. The van der Waals surface area contributed by atoms with E-state index in [4.69, 9.17) is 0 Å². The molecule has 0 saturated heterocycles. The summed E-state index contributed by atoms with van der Waals surface area (Å²) in [4.78, 5) is 0. The van der Waals surface area contributed by atoms with Crippen molar-refractivity contribution >= 4 is 0 Å². The van der Waals surface area contributed by atoms with Gasteiger partial charge in [-0.3, -0.25) is 0 Å². The highest BCUT2D eigenvalue weighted by atomic mass is 16.3. The maximum atomic E-state index is 9.93. The highest BCUT2D eigenvalue weighted by Gasteiger charge is 2.07. The van der Waals surface area contributed by atoms with Crippen LogP contribution in [0.15, 0.2) is 18.5 Å². The van der Waals surface area contributed by atoms with Gasteiger partial charge in [0.25, 0.3) is 0 Å². The van der Waals surface area contributed by atoms with Crippen molar-refractivity contribution in [1.82, 2.24) is 4.57 Å². The lowest BCUT2D eigenvalue weighted by Crippen LogP contribution is -1.97. The van der Waals surface area contributed by atoms with Crippen LogP contribution in [0, 0.1) is 0 Å². The van der Waals surface area contributed by atoms with Crippen molar-refractivity contribution in [2.24, 2.45) is 0 Å². The summed E-state index contributed by atoms with van der Waals surface area (Å²) in [7, 11) is 0. The summed E-state index contributed by atoms with van der Waals surface area (Å²) in [5.74, 6) is 0. The summed E-state index contributed by atoms with van der Waals surface area (Å²) >= 11 is 0. The first-order valence-corrected chi connectivity index (χ1v) is 8.61. The van der Waals surface area contributed by atoms with E-state index >= 15 is 0 Å². The van der Waals surface area contributed by atoms with E-state index in [1.807, 2.05) is 0 Å². The third kappa shape index (κ3) is 7.14. The number of hydrogen-bond donors (Lipinski definition) is 1. The van der Waals surface area contributed by atoms with E-state index < -0.39 is 0 Å². The Bertz CT molecular complexity index is 332. The molecule has 20 heavy (non-hydrogen) atoms. The zero-order valence-corrected chi connectivity index (χ0v) is 13.5. The van der Waals surface area contributed by atoms with Gasteiger partial charge in [-0.2, -0.15) is 0 Å². The Hall–Kier alpha value is -0.760. The molecule has 1 N–H and O–H groups in total. The van der Waals surface area contributed by atoms with E-state index in [1.165, 1.54) is 51.4 Å². The topological polar surface area (TPSA) is 25.2 Å². The van der Waals surface area contributed by atoms with Gasteiger partial charge in [0.15, 0.2) is 0 Å². The molecule has 1 heterocycles. The Morgan fingerprint density at radius 2 is 1.60 bits per heavy atom. The molecule has 1 aromatic rings. The second-order valence-corrected chi connectivity index (χ2v) is 5.96. The summed E-state index contributed by atoms with van der Waals surface area (Å²) in [5, 5.41) is 9.93. The predicted octanol–water partition coefficient (Wildman–Crippen LogP) is 5.46. The number of nitrogens with zero attached hydrogens (tertiary/aromatic N) is 1. The van der Waals surface area contributed by atoms with Crippen molar-refractivity contribution in [2.45, 2.75) is 90.7 Å². The van der Waals surface area contributed by atoms with E-state index in [0.29, 0.717) is 0 Å². The van der Waals surface area contributed by atoms with Gasteiger partial charge in [-0.15, -0.1) is 0 Å². The minimum atomic E-state index is -0.278. The Labute approximate surface area is 125 Å². The lowest BCUT2D eigenvalue weighted by Gasteiger charge is -2.06. The second kappa shape index (κ2) is 11.0. The molecule has 0 spiro atoms. The third-order valence-corrected chi connectivity index (χ3v) is 3.99. The molecule has 0 radical (unpaired) electrons. The van der Waals surface area contributed by atoms with Gasteiger partial charge in [-0.05, 0) is 24.5 Å². The van der Waals surface area contributed by atoms with Gasteiger partial charge in [0, 0.05) is 18.9 Å². The van der Waals surface area contributed by atoms with Gasteiger partial charge in [-0.25, -0.2) is 0 Å². The van der Waals surface area contributed by atoms with Crippen LogP contribution in [0.3, 0.4) is 0 Å². The van der Waals surface area contributed by atoms with Crippen molar-refractivity contribution in [3.63, 3.8) is 0 Å². The van der Waals surface area contributed by atoms with E-state index in [1.54, 1.807) is 0 Å². The predicted molar refractivity (Wildman–Crippen MR) is 86.9 cm³/mol. The molecule has 0 bridgehead atoms. The van der Waals surface area contributed by atoms with Crippen LogP contribution in [0.1, 0.15) is 89.7 Å². The molecule has 0 aliphatic carbocycles. The number of rotatable bonds is 12. The zero-order valence-electron chi connectivity index (χ0n) is 13.5. The number of aromatic nitrogens is 1. The standard InChI is InChI=1S/C18H33NO/c1-3-5-6-7-8-9-10-11-14-19-15-13-17(16-19)18(20)12-4-2/h13,15-16,18,20H,3-12,14H2,1-2H3. The summed E-state index contributed by atoms with van der Waals surface area (Å²) in [5.41, 5.74) is 1.08. The molecule has 1 atom stereocenters. The van der Waals surface area contributed by atoms with Gasteiger partial charge in [0.1, 0.15) is 0 Å². The van der Waals surface area contributed by atoms with E-state index in [-0.39, 0.29) is 6.10 Å². The first-order chi connectivity index (χ1) is 9.77. The zero-order chi connectivity index (χ0) is 14.6. The summed E-state index contributed by atoms with van der Waals surface area (Å²) < 4.78 is 2.23. The lowest BCUT2D eigenvalue weighted by atomic mass is 10.1. The fourth-order valence-electron chi connectivity index (χ4n) is 2.66. The SMILES string of the molecule is CCCCCCCCCCn1ccc(C(O)CCC)c1. The highest BCUT2D eigenvalue weighted by molar-refractivity contribution is 5.13. The van der Waals surface area contributed by atoms with Crippen molar-refractivity contribution in [2.75, 3.05) is 0 Å². The molecule has 0 aliphatic rings. The van der Waals surface area contributed by atoms with Crippen LogP contribution in [0.5, 0.6) is 0 Å². The van der Waals surface area contributed by atoms with Crippen molar-refractivity contribution < 1.29 is 5.11 Å². The first kappa shape index (κ1) is 17.3. The quantitative estimate of drug-likeness (QED) is 0.505. The van der Waals surface area contributed by atoms with Gasteiger partial charge >= 0.3 is 0 Å². The molecule has 2 nitrogen and oxygen atoms in total. The third-order valence-electron chi connectivity index (χ3n) is 3.99. The van der Waals surface area contributed by atoms with Crippen molar-refractivity contribution in [3.05, 3.63) is 24.0 Å². The van der Waals surface area contributed by atoms with E-state index in [2.05, 4.69) is 36.9 Å². The molecule has 2 heteroatoms. The minimum Gasteiger partial charge on any atom is -0.388 e. The number of unbranched alkanes of at least 4 members (excludes halogenated alkanes) is 7. The lowest BCUT2D eigenvalue weighted by molar-refractivity contribution is 0.166. The Kier molecular flexibility index (Phi) is 9.48. The van der Waals surface area contributed by atoms with E-state index in [0.717, 1.165) is 24.9 Å². The molecule has 0 amide bonds. The van der Waals surface area contributed by atoms with Crippen LogP contribution >= 0.6 is 0 Å². The smallest absolute Gasteiger partial charge is 0.0804 e. The van der Waals surface area contributed by atoms with Crippen LogP contribution in [-0.2, 0) is 6.54 Å². The Balaban J connectivity index is 2.07. The van der Waals surface area contributed by atoms with Gasteiger partial charge < -0.3 is 9.67 Å². The fraction of sp³-hybridized carbons (Fsp3) is 0.778. The average Bonchev–Trinajstić information content (AvgIpc) is 2.91. The summed E-state index contributed by atoms with van der Waals surface area (Å²) in [6.45, 7) is 5.47. The van der Waals surface area contributed by atoms with Crippen molar-refractivity contribution in [1.29, 1.82) is 0 Å². The fourth-order valence-corrected chi connectivity index (χ4v) is 2.66. The number of hydrogen-bond acceptors (Lipinski definition) is 1. The second-order valence-electron chi connectivity index (χ2n) is 5.96. The summed E-state index contributed by atoms with van der Waals surface area (Å²) in [6.07, 6.45) is 16.7. The molecular formula is C18H33NO. The largest absolute Gasteiger partial charge is 0.388 e. The molecule has 116 valence electrons. The average molecular weight is 279 g/mol. The number of aryl methyl sites for hydroxylation is 1. The number of aliphatic hydroxyl groups is 1. The summed E-state index contributed by atoms with van der Waals surface area (Å²) in [6, 6.07) is 2.06. The molecule has 1 unspecified atom stereocenters. The highest BCUT2D eigenvalue weighted by Crippen LogP contribution is 2.18. The van der Waals surface area contributed by atoms with Crippen LogP contribution in [-0.4, -0.2) is 9.67 Å². The van der Waals surface area contributed by atoms with Crippen LogP contribution < -0.4 is 0 Å². The Morgan fingerprint density at radius 3 is 2.25 bits per heavy atom. The molecule has 0 aliphatic heterocycles. The normalized spacial score (nSPS) is 12.8. The van der Waals surface area contributed by atoms with Crippen LogP contribution in [0.2, 0.25) is 0 Å². The molecule has 0 aromatic carbocycles. The van der Waals surface area contributed by atoms with Crippen LogP contribution in [0.25, 0.3) is 0 Å².